The summed E-state index contributed by atoms with van der Waals surface area (Å²) in [6.45, 7) is 6.04. The Kier molecular flexibility index (Phi) is 3.03. The van der Waals surface area contributed by atoms with E-state index in [0.29, 0.717) is 4.99 Å². The van der Waals surface area contributed by atoms with Gasteiger partial charge in [0.05, 0.1) is 10.7 Å². The molecule has 1 unspecified atom stereocenters. The molecule has 0 aliphatic rings. The Balaban J connectivity index is 3.04. The largest absolute Gasteiger partial charge is 0.392 e. The van der Waals surface area contributed by atoms with Crippen molar-refractivity contribution in [2.75, 3.05) is 0 Å². The molecular weight excluding hydrogens is 182 g/mol. The average Bonchev–Trinajstić information content (AvgIpc) is 2.31. The molecule has 72 valence electrons. The quantitative estimate of drug-likeness (QED) is 0.751. The van der Waals surface area contributed by atoms with Crippen molar-refractivity contribution >= 4 is 17.2 Å². The zero-order valence-electron chi connectivity index (χ0n) is 8.24. The fraction of sp³-hybridized carbons (Fsp3) is 0.556. The van der Waals surface area contributed by atoms with E-state index in [0.717, 1.165) is 17.8 Å². The summed E-state index contributed by atoms with van der Waals surface area (Å²) < 4.78 is 1.90. The molecule has 1 heterocycles. The molecule has 0 fully saturated rings. The second kappa shape index (κ2) is 3.87. The van der Waals surface area contributed by atoms with Crippen molar-refractivity contribution in [2.24, 2.45) is 5.73 Å². The topological polar surface area (TPSA) is 43.8 Å². The number of thiocarbonyl (C=S) groups is 1. The van der Waals surface area contributed by atoms with Crippen LogP contribution in [0.3, 0.4) is 0 Å². The highest BCUT2D eigenvalue weighted by molar-refractivity contribution is 7.80. The lowest BCUT2D eigenvalue weighted by atomic mass is 10.2. The first-order valence-electron chi connectivity index (χ1n) is 4.38. The van der Waals surface area contributed by atoms with Crippen LogP contribution in [0.25, 0.3) is 0 Å². The van der Waals surface area contributed by atoms with Crippen LogP contribution in [-0.4, -0.2) is 14.8 Å². The maximum Gasteiger partial charge on any atom is 0.102 e. The van der Waals surface area contributed by atoms with E-state index < -0.39 is 0 Å². The summed E-state index contributed by atoms with van der Waals surface area (Å²) in [5.74, 6) is 0. The third kappa shape index (κ3) is 2.06. The summed E-state index contributed by atoms with van der Waals surface area (Å²) in [6.07, 6.45) is 0.886. The van der Waals surface area contributed by atoms with E-state index in [4.69, 9.17) is 18.0 Å². The molecule has 4 heteroatoms. The SMILES string of the molecule is CCC(C(N)=S)n1nc(C)cc1C. The molecule has 0 radical (unpaired) electrons. The third-order valence-electron chi connectivity index (χ3n) is 2.05. The van der Waals surface area contributed by atoms with Gasteiger partial charge in [-0.2, -0.15) is 5.10 Å². The zero-order chi connectivity index (χ0) is 10.0. The molecule has 0 aliphatic carbocycles. The highest BCUT2D eigenvalue weighted by Crippen LogP contribution is 2.14. The van der Waals surface area contributed by atoms with Gasteiger partial charge in [0.25, 0.3) is 0 Å². The lowest BCUT2D eigenvalue weighted by Crippen LogP contribution is -2.25. The van der Waals surface area contributed by atoms with Gasteiger partial charge in [-0.3, -0.25) is 4.68 Å². The molecule has 0 saturated heterocycles. The normalized spacial score (nSPS) is 12.8. The number of nitrogens with two attached hydrogens (primary N) is 1. The van der Waals surface area contributed by atoms with Crippen LogP contribution < -0.4 is 5.73 Å². The molecule has 2 N–H and O–H groups in total. The first-order chi connectivity index (χ1) is 6.06. The summed E-state index contributed by atoms with van der Waals surface area (Å²) in [6, 6.07) is 2.09. The van der Waals surface area contributed by atoms with Crippen LogP contribution in [0.1, 0.15) is 30.8 Å². The fourth-order valence-corrected chi connectivity index (χ4v) is 1.72. The second-order valence-electron chi connectivity index (χ2n) is 3.20. The predicted octanol–water partition coefficient (Wildman–Crippen LogP) is 1.74. The molecule has 1 rings (SSSR count). The van der Waals surface area contributed by atoms with Gasteiger partial charge in [0, 0.05) is 5.69 Å². The fourth-order valence-electron chi connectivity index (χ4n) is 1.46. The maximum absolute atomic E-state index is 5.63. The van der Waals surface area contributed by atoms with Gasteiger partial charge in [-0.25, -0.2) is 0 Å². The molecular formula is C9H15N3S. The smallest absolute Gasteiger partial charge is 0.102 e. The Hall–Kier alpha value is -0.900. The first kappa shape index (κ1) is 10.2. The molecule has 0 bridgehead atoms. The van der Waals surface area contributed by atoms with Crippen molar-refractivity contribution in [3.8, 4) is 0 Å². The summed E-state index contributed by atoms with van der Waals surface area (Å²) in [4.78, 5) is 0.508. The number of hydrogen-bond acceptors (Lipinski definition) is 2. The van der Waals surface area contributed by atoms with E-state index >= 15 is 0 Å². The molecule has 13 heavy (non-hydrogen) atoms. The molecule has 0 spiro atoms. The summed E-state index contributed by atoms with van der Waals surface area (Å²) >= 11 is 4.98. The van der Waals surface area contributed by atoms with Crippen LogP contribution in [0.2, 0.25) is 0 Å². The monoisotopic (exact) mass is 197 g/mol. The van der Waals surface area contributed by atoms with Crippen LogP contribution in [0, 0.1) is 13.8 Å². The molecule has 0 aromatic carbocycles. The van der Waals surface area contributed by atoms with Crippen molar-refractivity contribution in [1.29, 1.82) is 0 Å². The Morgan fingerprint density at radius 3 is 2.62 bits per heavy atom. The van der Waals surface area contributed by atoms with Gasteiger partial charge in [-0.05, 0) is 26.3 Å². The van der Waals surface area contributed by atoms with Crippen LogP contribution in [0.4, 0.5) is 0 Å². The predicted molar refractivity (Wildman–Crippen MR) is 57.8 cm³/mol. The van der Waals surface area contributed by atoms with Crippen LogP contribution in [0.15, 0.2) is 6.07 Å². The minimum absolute atomic E-state index is 0.0590. The summed E-state index contributed by atoms with van der Waals surface area (Å²) in [5, 5.41) is 4.35. The second-order valence-corrected chi connectivity index (χ2v) is 3.67. The van der Waals surface area contributed by atoms with Crippen molar-refractivity contribution in [3.63, 3.8) is 0 Å². The van der Waals surface area contributed by atoms with Gasteiger partial charge >= 0.3 is 0 Å². The Morgan fingerprint density at radius 1 is 1.69 bits per heavy atom. The molecule has 1 atom stereocenters. The average molecular weight is 197 g/mol. The Bertz CT molecular complexity index is 317. The lowest BCUT2D eigenvalue weighted by molar-refractivity contribution is 0.537. The number of aryl methyl sites for hydroxylation is 2. The Morgan fingerprint density at radius 2 is 2.31 bits per heavy atom. The number of rotatable bonds is 3. The van der Waals surface area contributed by atoms with Gasteiger partial charge in [0.2, 0.25) is 0 Å². The van der Waals surface area contributed by atoms with Crippen LogP contribution >= 0.6 is 12.2 Å². The van der Waals surface area contributed by atoms with E-state index in [2.05, 4.69) is 12.0 Å². The van der Waals surface area contributed by atoms with Crippen LogP contribution in [0.5, 0.6) is 0 Å². The lowest BCUT2D eigenvalue weighted by Gasteiger charge is -2.15. The van der Waals surface area contributed by atoms with E-state index in [9.17, 15) is 0 Å². The van der Waals surface area contributed by atoms with Gasteiger partial charge in [-0.15, -0.1) is 0 Å². The van der Waals surface area contributed by atoms with Crippen molar-refractivity contribution < 1.29 is 0 Å². The summed E-state index contributed by atoms with van der Waals surface area (Å²) in [7, 11) is 0. The Labute approximate surface area is 83.9 Å². The molecule has 1 aromatic rings. The molecule has 0 saturated carbocycles. The minimum atomic E-state index is 0.0590. The van der Waals surface area contributed by atoms with Gasteiger partial charge in [0.15, 0.2) is 0 Å². The van der Waals surface area contributed by atoms with Crippen molar-refractivity contribution in [1.82, 2.24) is 9.78 Å². The minimum Gasteiger partial charge on any atom is -0.392 e. The first-order valence-corrected chi connectivity index (χ1v) is 4.79. The van der Waals surface area contributed by atoms with Gasteiger partial charge in [-0.1, -0.05) is 19.1 Å². The number of aromatic nitrogens is 2. The van der Waals surface area contributed by atoms with Gasteiger partial charge < -0.3 is 5.73 Å². The number of hydrogen-bond donors (Lipinski definition) is 1. The number of nitrogens with zero attached hydrogens (tertiary/aromatic N) is 2. The van der Waals surface area contributed by atoms with Gasteiger partial charge in [0.1, 0.15) is 6.04 Å². The van der Waals surface area contributed by atoms with Crippen LogP contribution in [-0.2, 0) is 0 Å². The molecule has 0 amide bonds. The standard InChI is InChI=1S/C9H15N3S/c1-4-8(9(10)13)12-7(3)5-6(2)11-12/h5,8H,4H2,1-3H3,(H2,10,13). The highest BCUT2D eigenvalue weighted by Gasteiger charge is 2.14. The van der Waals surface area contributed by atoms with Crippen molar-refractivity contribution in [2.45, 2.75) is 33.2 Å². The summed E-state index contributed by atoms with van der Waals surface area (Å²) in [5.41, 5.74) is 7.74. The highest BCUT2D eigenvalue weighted by atomic mass is 32.1. The van der Waals surface area contributed by atoms with E-state index in [1.807, 2.05) is 24.6 Å². The van der Waals surface area contributed by atoms with E-state index in [1.54, 1.807) is 0 Å². The van der Waals surface area contributed by atoms with Crippen molar-refractivity contribution in [3.05, 3.63) is 17.5 Å². The third-order valence-corrected chi connectivity index (χ3v) is 2.33. The van der Waals surface area contributed by atoms with E-state index in [-0.39, 0.29) is 6.04 Å². The zero-order valence-corrected chi connectivity index (χ0v) is 9.06. The molecule has 1 aromatic heterocycles. The maximum atomic E-state index is 5.63. The molecule has 0 aliphatic heterocycles. The molecule has 3 nitrogen and oxygen atoms in total. The van der Waals surface area contributed by atoms with E-state index in [1.165, 1.54) is 0 Å².